The first kappa shape index (κ1) is 17.9. The van der Waals surface area contributed by atoms with Crippen molar-refractivity contribution in [3.8, 4) is 0 Å². The molecule has 24 heavy (non-hydrogen) atoms. The largest absolute Gasteiger partial charge is 0.335 e. The molecule has 1 aromatic heterocycles. The van der Waals surface area contributed by atoms with Crippen LogP contribution in [0.1, 0.15) is 37.8 Å². The Morgan fingerprint density at radius 2 is 1.83 bits per heavy atom. The van der Waals surface area contributed by atoms with E-state index >= 15 is 0 Å². The highest BCUT2D eigenvalue weighted by Crippen LogP contribution is 2.48. The average molecular weight is 361 g/mol. The number of imidazole rings is 1. The monoisotopic (exact) mass is 360 g/mol. The van der Waals surface area contributed by atoms with Crippen LogP contribution in [0, 0.1) is 5.92 Å². The lowest BCUT2D eigenvalue weighted by Crippen LogP contribution is -2.35. The van der Waals surface area contributed by atoms with Crippen LogP contribution in [0.2, 0.25) is 0 Å². The van der Waals surface area contributed by atoms with E-state index in [1.807, 2.05) is 12.5 Å². The molecule has 2 aromatic rings. The fourth-order valence-electron chi connectivity index (χ4n) is 3.20. The van der Waals surface area contributed by atoms with Gasteiger partial charge in [-0.25, -0.2) is 4.98 Å². The van der Waals surface area contributed by atoms with E-state index in [2.05, 4.69) is 77.4 Å². The van der Waals surface area contributed by atoms with Gasteiger partial charge >= 0.3 is 0 Å². The molecule has 0 unspecified atom stereocenters. The molecule has 4 heteroatoms. The second-order valence-corrected chi connectivity index (χ2v) is 9.85. The second kappa shape index (κ2) is 8.48. The van der Waals surface area contributed by atoms with Crippen LogP contribution in [0.15, 0.2) is 43.0 Å². The summed E-state index contributed by atoms with van der Waals surface area (Å²) in [6.45, 7) is 5.60. The van der Waals surface area contributed by atoms with Gasteiger partial charge in [0.1, 0.15) is 0 Å². The molecule has 3 rings (SSSR count). The third kappa shape index (κ3) is 4.60. The van der Waals surface area contributed by atoms with E-state index in [1.54, 1.807) is 0 Å². The fourth-order valence-corrected chi connectivity index (χ4v) is 6.89. The maximum Gasteiger partial charge on any atom is 0.0946 e. The van der Waals surface area contributed by atoms with Crippen molar-refractivity contribution >= 4 is 23.5 Å². The SMILES string of the molecule is CCCc1ccc(CC2(Cn3ccnc3)SCC(CC)CS2)cc1. The first-order chi connectivity index (χ1) is 11.7. The summed E-state index contributed by atoms with van der Waals surface area (Å²) in [5, 5.41) is 0. The van der Waals surface area contributed by atoms with E-state index in [0.717, 1.165) is 18.9 Å². The predicted octanol–water partition coefficient (Wildman–Crippen LogP) is 5.28. The Labute approximate surface area is 154 Å². The first-order valence-electron chi connectivity index (χ1n) is 9.04. The van der Waals surface area contributed by atoms with Gasteiger partial charge in [0.25, 0.3) is 0 Å². The zero-order chi connectivity index (χ0) is 16.8. The first-order valence-corrected chi connectivity index (χ1v) is 11.0. The lowest BCUT2D eigenvalue weighted by molar-refractivity contribution is 0.588. The maximum absolute atomic E-state index is 4.23. The average Bonchev–Trinajstić information content (AvgIpc) is 3.10. The standard InChI is InChI=1S/C20H28N2S2/c1-3-5-18-6-8-19(9-7-18)12-20(15-22-11-10-21-16-22)23-13-17(4-2)14-24-20/h6-11,16-17H,3-5,12-15H2,1-2H3. The fraction of sp³-hybridized carbons (Fsp3) is 0.550. The van der Waals surface area contributed by atoms with Crippen molar-refractivity contribution in [3.63, 3.8) is 0 Å². The lowest BCUT2D eigenvalue weighted by Gasteiger charge is -2.39. The smallest absolute Gasteiger partial charge is 0.0946 e. The minimum atomic E-state index is 0.235. The Morgan fingerprint density at radius 1 is 1.12 bits per heavy atom. The molecule has 130 valence electrons. The van der Waals surface area contributed by atoms with E-state index in [4.69, 9.17) is 0 Å². The summed E-state index contributed by atoms with van der Waals surface area (Å²) in [5.74, 6) is 3.43. The van der Waals surface area contributed by atoms with E-state index in [0.29, 0.717) is 0 Å². The van der Waals surface area contributed by atoms with Gasteiger partial charge in [0.2, 0.25) is 0 Å². The lowest BCUT2D eigenvalue weighted by atomic mass is 10.0. The molecule has 0 spiro atoms. The van der Waals surface area contributed by atoms with Crippen molar-refractivity contribution in [1.82, 2.24) is 9.55 Å². The molecule has 0 bridgehead atoms. The normalized spacial score (nSPS) is 24.2. The third-order valence-corrected chi connectivity index (χ3v) is 8.34. The highest BCUT2D eigenvalue weighted by Gasteiger charge is 2.37. The zero-order valence-electron chi connectivity index (χ0n) is 14.8. The van der Waals surface area contributed by atoms with Crippen LogP contribution in [-0.4, -0.2) is 25.1 Å². The Kier molecular flexibility index (Phi) is 6.34. The Hall–Kier alpha value is -0.870. The summed E-state index contributed by atoms with van der Waals surface area (Å²) < 4.78 is 2.48. The number of thioether (sulfide) groups is 2. The van der Waals surface area contributed by atoms with Crippen molar-refractivity contribution in [2.45, 2.75) is 50.2 Å². The van der Waals surface area contributed by atoms with Crippen LogP contribution in [-0.2, 0) is 19.4 Å². The second-order valence-electron chi connectivity index (χ2n) is 6.79. The molecule has 1 saturated heterocycles. The summed E-state index contributed by atoms with van der Waals surface area (Å²) in [4.78, 5) is 4.23. The van der Waals surface area contributed by atoms with Crippen LogP contribution in [0.3, 0.4) is 0 Å². The molecule has 0 amide bonds. The van der Waals surface area contributed by atoms with Gasteiger partial charge < -0.3 is 4.57 Å². The molecule has 0 aliphatic carbocycles. The van der Waals surface area contributed by atoms with Crippen LogP contribution in [0.25, 0.3) is 0 Å². The van der Waals surface area contributed by atoms with E-state index < -0.39 is 0 Å². The molecule has 1 aliphatic rings. The molecular formula is C20H28N2S2. The molecule has 1 fully saturated rings. The number of rotatable bonds is 7. The van der Waals surface area contributed by atoms with Crippen LogP contribution in [0.4, 0.5) is 0 Å². The molecule has 1 aromatic carbocycles. The number of benzene rings is 1. The van der Waals surface area contributed by atoms with Crippen molar-refractivity contribution in [1.29, 1.82) is 0 Å². The predicted molar refractivity (Wildman–Crippen MR) is 108 cm³/mol. The number of hydrogen-bond acceptors (Lipinski definition) is 3. The van der Waals surface area contributed by atoms with Crippen molar-refractivity contribution in [2.75, 3.05) is 11.5 Å². The van der Waals surface area contributed by atoms with Crippen LogP contribution < -0.4 is 0 Å². The number of hydrogen-bond donors (Lipinski definition) is 0. The van der Waals surface area contributed by atoms with Gasteiger partial charge in [0.05, 0.1) is 10.4 Å². The van der Waals surface area contributed by atoms with E-state index in [1.165, 1.54) is 41.9 Å². The van der Waals surface area contributed by atoms with Gasteiger partial charge in [0, 0.05) is 18.9 Å². The highest BCUT2D eigenvalue weighted by molar-refractivity contribution is 8.18. The van der Waals surface area contributed by atoms with Crippen molar-refractivity contribution in [3.05, 3.63) is 54.1 Å². The molecule has 2 heterocycles. The summed E-state index contributed by atoms with van der Waals surface area (Å²) in [6.07, 6.45) is 10.8. The minimum Gasteiger partial charge on any atom is -0.335 e. The van der Waals surface area contributed by atoms with E-state index in [9.17, 15) is 0 Å². The van der Waals surface area contributed by atoms with Crippen LogP contribution in [0.5, 0.6) is 0 Å². The molecule has 0 N–H and O–H groups in total. The van der Waals surface area contributed by atoms with E-state index in [-0.39, 0.29) is 4.08 Å². The highest BCUT2D eigenvalue weighted by atomic mass is 32.2. The van der Waals surface area contributed by atoms with Gasteiger partial charge in [-0.3, -0.25) is 0 Å². The summed E-state index contributed by atoms with van der Waals surface area (Å²) >= 11 is 4.33. The zero-order valence-corrected chi connectivity index (χ0v) is 16.4. The van der Waals surface area contributed by atoms with Crippen LogP contribution >= 0.6 is 23.5 Å². The Morgan fingerprint density at radius 3 is 2.42 bits per heavy atom. The molecule has 0 saturated carbocycles. The summed E-state index contributed by atoms with van der Waals surface area (Å²) in [6, 6.07) is 9.31. The number of aromatic nitrogens is 2. The van der Waals surface area contributed by atoms with Gasteiger partial charge in [-0.2, -0.15) is 0 Å². The molecule has 0 atom stereocenters. The number of aryl methyl sites for hydroxylation is 1. The van der Waals surface area contributed by atoms with Crippen molar-refractivity contribution in [2.24, 2.45) is 5.92 Å². The van der Waals surface area contributed by atoms with Gasteiger partial charge in [0.15, 0.2) is 0 Å². The quantitative estimate of drug-likeness (QED) is 0.669. The van der Waals surface area contributed by atoms with Crippen molar-refractivity contribution < 1.29 is 0 Å². The Balaban J connectivity index is 1.74. The number of nitrogens with zero attached hydrogens (tertiary/aromatic N) is 2. The topological polar surface area (TPSA) is 17.8 Å². The van der Waals surface area contributed by atoms with Gasteiger partial charge in [-0.1, -0.05) is 51.0 Å². The third-order valence-electron chi connectivity index (χ3n) is 4.76. The summed E-state index contributed by atoms with van der Waals surface area (Å²) in [7, 11) is 0. The van der Waals surface area contributed by atoms with Gasteiger partial charge in [-0.15, -0.1) is 23.5 Å². The minimum absolute atomic E-state index is 0.235. The maximum atomic E-state index is 4.23. The molecule has 2 nitrogen and oxygen atoms in total. The molecular weight excluding hydrogens is 332 g/mol. The summed E-state index contributed by atoms with van der Waals surface area (Å²) in [5.41, 5.74) is 2.92. The van der Waals surface area contributed by atoms with Gasteiger partial charge in [-0.05, 0) is 41.4 Å². The Bertz CT molecular complexity index is 599. The molecule has 1 aliphatic heterocycles. The molecule has 0 radical (unpaired) electrons.